The normalized spacial score (nSPS) is 19.9. The summed E-state index contributed by atoms with van der Waals surface area (Å²) in [4.78, 5) is 12.1. The van der Waals surface area contributed by atoms with Crippen LogP contribution >= 0.6 is 0 Å². The van der Waals surface area contributed by atoms with Crippen molar-refractivity contribution in [3.63, 3.8) is 0 Å². The molecule has 126 valence electrons. The van der Waals surface area contributed by atoms with Gasteiger partial charge in [-0.1, -0.05) is 66.7 Å². The highest BCUT2D eigenvalue weighted by Crippen LogP contribution is 2.50. The molecule has 1 atom stereocenters. The van der Waals surface area contributed by atoms with Crippen molar-refractivity contribution in [1.29, 1.82) is 0 Å². The SMILES string of the molecule is O=C1NC(c2ccccc2)(C(F)(F)F)c2ccc3ccccc3c2O1. The van der Waals surface area contributed by atoms with Crippen LogP contribution in [0.25, 0.3) is 10.8 Å². The van der Waals surface area contributed by atoms with Gasteiger partial charge in [-0.2, -0.15) is 13.2 Å². The number of alkyl halides is 3. The number of amides is 1. The van der Waals surface area contributed by atoms with E-state index in [0.717, 1.165) is 0 Å². The largest absolute Gasteiger partial charge is 0.420 e. The van der Waals surface area contributed by atoms with Crippen LogP contribution < -0.4 is 10.1 Å². The molecular formula is C19H12F3NO2. The van der Waals surface area contributed by atoms with Crippen LogP contribution in [0.15, 0.2) is 66.7 Å². The number of nitrogens with one attached hydrogen (secondary N) is 1. The van der Waals surface area contributed by atoms with Crippen LogP contribution in [0.5, 0.6) is 5.75 Å². The zero-order valence-corrected chi connectivity index (χ0v) is 12.8. The van der Waals surface area contributed by atoms with Gasteiger partial charge in [0.05, 0.1) is 0 Å². The molecule has 1 aliphatic heterocycles. The van der Waals surface area contributed by atoms with Crippen LogP contribution in [0.2, 0.25) is 0 Å². The number of benzene rings is 3. The van der Waals surface area contributed by atoms with E-state index in [1.165, 1.54) is 30.3 Å². The molecule has 0 radical (unpaired) electrons. The van der Waals surface area contributed by atoms with Gasteiger partial charge in [-0.3, -0.25) is 5.32 Å². The Balaban J connectivity index is 2.12. The average molecular weight is 343 g/mol. The van der Waals surface area contributed by atoms with Gasteiger partial charge < -0.3 is 4.74 Å². The number of carbonyl (C=O) groups is 1. The lowest BCUT2D eigenvalue weighted by molar-refractivity contribution is -0.186. The molecular weight excluding hydrogens is 331 g/mol. The molecule has 3 aromatic carbocycles. The fraction of sp³-hybridized carbons (Fsp3) is 0.105. The first-order valence-electron chi connectivity index (χ1n) is 7.58. The van der Waals surface area contributed by atoms with Crippen molar-refractivity contribution >= 4 is 16.9 Å². The van der Waals surface area contributed by atoms with Crippen molar-refractivity contribution in [2.24, 2.45) is 0 Å². The maximum atomic E-state index is 14.3. The molecule has 0 aliphatic carbocycles. The quantitative estimate of drug-likeness (QED) is 0.693. The second-order valence-electron chi connectivity index (χ2n) is 5.79. The van der Waals surface area contributed by atoms with E-state index < -0.39 is 17.8 Å². The summed E-state index contributed by atoms with van der Waals surface area (Å²) < 4.78 is 48.0. The topological polar surface area (TPSA) is 38.3 Å². The summed E-state index contributed by atoms with van der Waals surface area (Å²) in [5.74, 6) is -0.0666. The average Bonchev–Trinajstić information content (AvgIpc) is 2.60. The maximum absolute atomic E-state index is 14.3. The van der Waals surface area contributed by atoms with Crippen molar-refractivity contribution in [3.8, 4) is 5.75 Å². The Kier molecular flexibility index (Phi) is 3.25. The number of rotatable bonds is 1. The molecule has 0 fully saturated rings. The fourth-order valence-corrected chi connectivity index (χ4v) is 3.29. The monoisotopic (exact) mass is 343 g/mol. The summed E-state index contributed by atoms with van der Waals surface area (Å²) in [6.07, 6.45) is -5.89. The molecule has 0 saturated heterocycles. The molecule has 1 heterocycles. The van der Waals surface area contributed by atoms with Gasteiger partial charge in [0.1, 0.15) is 5.75 Å². The van der Waals surface area contributed by atoms with Crippen LogP contribution in [0.3, 0.4) is 0 Å². The number of carbonyl (C=O) groups excluding carboxylic acids is 1. The molecule has 3 nitrogen and oxygen atoms in total. The van der Waals surface area contributed by atoms with E-state index in [4.69, 9.17) is 4.74 Å². The molecule has 25 heavy (non-hydrogen) atoms. The molecule has 1 unspecified atom stereocenters. The first-order chi connectivity index (χ1) is 11.9. The highest BCUT2D eigenvalue weighted by molar-refractivity contribution is 5.94. The minimum Gasteiger partial charge on any atom is -0.409 e. The van der Waals surface area contributed by atoms with Gasteiger partial charge in [-0.15, -0.1) is 0 Å². The summed E-state index contributed by atoms with van der Waals surface area (Å²) in [7, 11) is 0. The van der Waals surface area contributed by atoms with E-state index >= 15 is 0 Å². The minimum atomic E-state index is -4.76. The number of halogens is 3. The van der Waals surface area contributed by atoms with Gasteiger partial charge in [0.25, 0.3) is 0 Å². The molecule has 6 heteroatoms. The summed E-state index contributed by atoms with van der Waals surface area (Å²) in [6.45, 7) is 0. The van der Waals surface area contributed by atoms with Gasteiger partial charge in [0, 0.05) is 10.9 Å². The van der Waals surface area contributed by atoms with E-state index in [-0.39, 0.29) is 16.9 Å². The number of ether oxygens (including phenoxy) is 1. The molecule has 0 spiro atoms. The van der Waals surface area contributed by atoms with Crippen LogP contribution in [0.4, 0.5) is 18.0 Å². The van der Waals surface area contributed by atoms with Crippen LogP contribution in [-0.4, -0.2) is 12.3 Å². The van der Waals surface area contributed by atoms with Crippen molar-refractivity contribution in [2.45, 2.75) is 11.7 Å². The Morgan fingerprint density at radius 2 is 1.56 bits per heavy atom. The third-order valence-corrected chi connectivity index (χ3v) is 4.40. The lowest BCUT2D eigenvalue weighted by Crippen LogP contribution is -2.60. The molecule has 0 saturated carbocycles. The number of hydrogen-bond donors (Lipinski definition) is 1. The van der Waals surface area contributed by atoms with E-state index in [1.807, 2.05) is 5.32 Å². The smallest absolute Gasteiger partial charge is 0.409 e. The molecule has 0 aromatic heterocycles. The van der Waals surface area contributed by atoms with Gasteiger partial charge in [0.15, 0.2) is 5.54 Å². The molecule has 1 amide bonds. The van der Waals surface area contributed by atoms with Crippen LogP contribution in [0.1, 0.15) is 11.1 Å². The zero-order valence-electron chi connectivity index (χ0n) is 12.8. The standard InChI is InChI=1S/C19H12F3NO2/c20-19(21,22)18(13-7-2-1-3-8-13)15-11-10-12-6-4-5-9-14(12)16(15)25-17(24)23-18/h1-11H,(H,23,24). The van der Waals surface area contributed by atoms with Crippen molar-refractivity contribution < 1.29 is 22.7 Å². The highest BCUT2D eigenvalue weighted by atomic mass is 19.4. The van der Waals surface area contributed by atoms with Gasteiger partial charge in [-0.05, 0) is 10.9 Å². The lowest BCUT2D eigenvalue weighted by atomic mass is 9.80. The fourth-order valence-electron chi connectivity index (χ4n) is 3.29. The molecule has 1 N–H and O–H groups in total. The molecule has 0 bridgehead atoms. The molecule has 4 rings (SSSR count). The first kappa shape index (κ1) is 15.5. The van der Waals surface area contributed by atoms with Crippen LogP contribution in [0, 0.1) is 0 Å². The summed E-state index contributed by atoms with van der Waals surface area (Å²) >= 11 is 0. The predicted octanol–water partition coefficient (Wildman–Crippen LogP) is 4.75. The minimum absolute atomic E-state index is 0.0666. The van der Waals surface area contributed by atoms with E-state index in [2.05, 4.69) is 0 Å². The Hall–Kier alpha value is -3.02. The van der Waals surface area contributed by atoms with E-state index in [9.17, 15) is 18.0 Å². The Labute approximate surface area is 141 Å². The van der Waals surface area contributed by atoms with E-state index in [1.54, 1.807) is 36.4 Å². The van der Waals surface area contributed by atoms with Crippen molar-refractivity contribution in [2.75, 3.05) is 0 Å². The predicted molar refractivity (Wildman–Crippen MR) is 86.4 cm³/mol. The third kappa shape index (κ3) is 2.17. The Morgan fingerprint density at radius 3 is 2.28 bits per heavy atom. The van der Waals surface area contributed by atoms with E-state index in [0.29, 0.717) is 10.8 Å². The van der Waals surface area contributed by atoms with Gasteiger partial charge in [-0.25, -0.2) is 4.79 Å². The Morgan fingerprint density at radius 1 is 0.880 bits per heavy atom. The first-order valence-corrected chi connectivity index (χ1v) is 7.58. The summed E-state index contributed by atoms with van der Waals surface area (Å²) in [5.41, 5.74) is -2.87. The van der Waals surface area contributed by atoms with Crippen LogP contribution in [-0.2, 0) is 5.54 Å². The second kappa shape index (κ2) is 5.24. The third-order valence-electron chi connectivity index (χ3n) is 4.40. The molecule has 1 aliphatic rings. The zero-order chi connectivity index (χ0) is 17.7. The second-order valence-corrected chi connectivity index (χ2v) is 5.79. The molecule has 3 aromatic rings. The maximum Gasteiger partial charge on any atom is 0.420 e. The summed E-state index contributed by atoms with van der Waals surface area (Å²) in [5, 5.41) is 3.17. The van der Waals surface area contributed by atoms with Crippen molar-refractivity contribution in [1.82, 2.24) is 5.32 Å². The van der Waals surface area contributed by atoms with Gasteiger partial charge in [0.2, 0.25) is 0 Å². The Bertz CT molecular complexity index is 969. The number of hydrogen-bond acceptors (Lipinski definition) is 2. The lowest BCUT2D eigenvalue weighted by Gasteiger charge is -2.40. The number of fused-ring (bicyclic) bond motifs is 3. The highest BCUT2D eigenvalue weighted by Gasteiger charge is 2.61. The summed E-state index contributed by atoms with van der Waals surface area (Å²) in [6, 6.07) is 17.1. The van der Waals surface area contributed by atoms with Gasteiger partial charge >= 0.3 is 12.3 Å². The van der Waals surface area contributed by atoms with Crippen molar-refractivity contribution in [3.05, 3.63) is 77.9 Å².